The number of amides is 2. The molecule has 6 rings (SSSR count). The number of likely N-dealkylation sites (tertiary alicyclic amines) is 1. The Morgan fingerprint density at radius 1 is 0.794 bits per heavy atom. The Labute approximate surface area is 201 Å². The van der Waals surface area contributed by atoms with Gasteiger partial charge in [0.2, 0.25) is 5.91 Å². The van der Waals surface area contributed by atoms with Crippen molar-refractivity contribution < 1.29 is 9.59 Å². The first-order chi connectivity index (χ1) is 16.7. The van der Waals surface area contributed by atoms with Gasteiger partial charge in [-0.1, -0.05) is 72.8 Å². The van der Waals surface area contributed by atoms with Crippen LogP contribution in [0.15, 0.2) is 78.9 Å². The maximum absolute atomic E-state index is 14.1. The molecule has 0 unspecified atom stereocenters. The third kappa shape index (κ3) is 3.62. The molecule has 3 aromatic carbocycles. The van der Waals surface area contributed by atoms with Crippen molar-refractivity contribution in [2.75, 3.05) is 19.6 Å². The molecule has 0 aromatic heterocycles. The summed E-state index contributed by atoms with van der Waals surface area (Å²) in [6.45, 7) is 2.24. The van der Waals surface area contributed by atoms with Crippen molar-refractivity contribution in [1.29, 1.82) is 0 Å². The summed E-state index contributed by atoms with van der Waals surface area (Å²) >= 11 is 0. The number of nitrogens with zero attached hydrogens (tertiary/aromatic N) is 2. The highest BCUT2D eigenvalue weighted by molar-refractivity contribution is 6.01. The number of benzene rings is 3. The first-order valence-corrected chi connectivity index (χ1v) is 12.5. The summed E-state index contributed by atoms with van der Waals surface area (Å²) in [5.41, 5.74) is 5.35. The molecule has 0 spiro atoms. The maximum atomic E-state index is 14.1. The van der Waals surface area contributed by atoms with Crippen molar-refractivity contribution in [3.8, 4) is 0 Å². The highest BCUT2D eigenvalue weighted by atomic mass is 16.2. The quantitative estimate of drug-likeness (QED) is 0.563. The molecule has 3 aliphatic heterocycles. The van der Waals surface area contributed by atoms with Gasteiger partial charge >= 0.3 is 0 Å². The third-order valence-corrected chi connectivity index (χ3v) is 7.99. The molecule has 4 nitrogen and oxygen atoms in total. The van der Waals surface area contributed by atoms with Gasteiger partial charge in [0, 0.05) is 25.2 Å². The Bertz CT molecular complexity index is 1210. The van der Waals surface area contributed by atoms with E-state index in [1.807, 2.05) is 35.2 Å². The lowest BCUT2D eigenvalue weighted by molar-refractivity contribution is -0.136. The van der Waals surface area contributed by atoms with Crippen molar-refractivity contribution in [2.24, 2.45) is 5.92 Å². The largest absolute Gasteiger partial charge is 0.342 e. The molecule has 4 heteroatoms. The van der Waals surface area contributed by atoms with Crippen molar-refractivity contribution in [2.45, 2.75) is 37.6 Å². The maximum Gasteiger partial charge on any atom is 0.254 e. The van der Waals surface area contributed by atoms with Gasteiger partial charge in [0.15, 0.2) is 0 Å². The van der Waals surface area contributed by atoms with E-state index in [2.05, 4.69) is 53.4 Å². The van der Waals surface area contributed by atoms with Crippen LogP contribution in [-0.4, -0.2) is 41.2 Å². The number of carbonyl (C=O) groups is 2. The van der Waals surface area contributed by atoms with Crippen LogP contribution in [0.1, 0.15) is 57.4 Å². The van der Waals surface area contributed by atoms with E-state index in [1.165, 1.54) is 11.1 Å². The molecule has 3 heterocycles. The number of hydrogen-bond acceptors (Lipinski definition) is 2. The second-order valence-electron chi connectivity index (χ2n) is 9.92. The monoisotopic (exact) mass is 450 g/mol. The van der Waals surface area contributed by atoms with Crippen LogP contribution in [-0.2, 0) is 17.6 Å². The molecule has 0 saturated carbocycles. The SMILES string of the molecule is O=C([C@@H]1c2ccccc2C(=O)N2CCc3ccccc3[C@@H]12)N1CCC(Cc2ccccc2)CC1. The molecule has 3 aromatic rings. The van der Waals surface area contributed by atoms with Crippen LogP contribution in [0.5, 0.6) is 0 Å². The lowest BCUT2D eigenvalue weighted by Gasteiger charge is -2.46. The van der Waals surface area contributed by atoms with Gasteiger partial charge in [0.25, 0.3) is 5.91 Å². The lowest BCUT2D eigenvalue weighted by Crippen LogP contribution is -2.51. The van der Waals surface area contributed by atoms with Crippen LogP contribution in [0, 0.1) is 5.92 Å². The van der Waals surface area contributed by atoms with Crippen LogP contribution in [0.4, 0.5) is 0 Å². The van der Waals surface area contributed by atoms with Crippen molar-refractivity contribution in [1.82, 2.24) is 9.80 Å². The first kappa shape index (κ1) is 21.2. The number of fused-ring (bicyclic) bond motifs is 4. The second kappa shape index (κ2) is 8.75. The minimum Gasteiger partial charge on any atom is -0.342 e. The van der Waals surface area contributed by atoms with E-state index in [1.54, 1.807) is 0 Å². The summed E-state index contributed by atoms with van der Waals surface area (Å²) in [6.07, 6.45) is 3.97. The molecule has 1 saturated heterocycles. The predicted molar refractivity (Wildman–Crippen MR) is 133 cm³/mol. The Balaban J connectivity index is 1.29. The Morgan fingerprint density at radius 3 is 2.26 bits per heavy atom. The van der Waals surface area contributed by atoms with E-state index >= 15 is 0 Å². The average molecular weight is 451 g/mol. The van der Waals surface area contributed by atoms with E-state index in [9.17, 15) is 9.59 Å². The van der Waals surface area contributed by atoms with Crippen LogP contribution in [0.2, 0.25) is 0 Å². The summed E-state index contributed by atoms with van der Waals surface area (Å²) in [4.78, 5) is 31.6. The molecule has 34 heavy (non-hydrogen) atoms. The highest BCUT2D eigenvalue weighted by Gasteiger charge is 2.47. The molecule has 3 aliphatic rings. The summed E-state index contributed by atoms with van der Waals surface area (Å²) in [5.74, 6) is 0.491. The fraction of sp³-hybridized carbons (Fsp3) is 0.333. The number of hydrogen-bond donors (Lipinski definition) is 0. The van der Waals surface area contributed by atoms with E-state index in [4.69, 9.17) is 0 Å². The van der Waals surface area contributed by atoms with Gasteiger partial charge in [0.1, 0.15) is 0 Å². The zero-order valence-corrected chi connectivity index (χ0v) is 19.4. The fourth-order valence-electron chi connectivity index (χ4n) is 6.24. The zero-order valence-electron chi connectivity index (χ0n) is 19.4. The minimum atomic E-state index is -0.346. The molecule has 0 N–H and O–H groups in total. The summed E-state index contributed by atoms with van der Waals surface area (Å²) < 4.78 is 0. The van der Waals surface area contributed by atoms with Crippen LogP contribution in [0.3, 0.4) is 0 Å². The van der Waals surface area contributed by atoms with Crippen molar-refractivity contribution in [3.63, 3.8) is 0 Å². The number of rotatable bonds is 3. The summed E-state index contributed by atoms with van der Waals surface area (Å²) in [6, 6.07) is 26.5. The molecule has 0 radical (unpaired) electrons. The molecular weight excluding hydrogens is 420 g/mol. The van der Waals surface area contributed by atoms with Gasteiger partial charge < -0.3 is 9.80 Å². The first-order valence-electron chi connectivity index (χ1n) is 12.5. The predicted octanol–water partition coefficient (Wildman–Crippen LogP) is 5.00. The second-order valence-corrected chi connectivity index (χ2v) is 9.92. The van der Waals surface area contributed by atoms with Gasteiger partial charge in [-0.3, -0.25) is 9.59 Å². The third-order valence-electron chi connectivity index (χ3n) is 7.99. The Kier molecular flexibility index (Phi) is 5.44. The van der Waals surface area contributed by atoms with Gasteiger partial charge in [-0.15, -0.1) is 0 Å². The standard InChI is InChI=1S/C30H30N2O2/c33-29-26-13-7-6-12-25(26)27(28-24-11-5-4-10-23(24)16-19-32(28)29)30(34)31-17-14-22(15-18-31)20-21-8-2-1-3-9-21/h1-13,22,27-28H,14-20H2/t27-,28+/m1/s1. The van der Waals surface area contributed by atoms with Crippen molar-refractivity contribution >= 4 is 11.8 Å². The van der Waals surface area contributed by atoms with E-state index in [0.29, 0.717) is 18.0 Å². The zero-order chi connectivity index (χ0) is 23.1. The average Bonchev–Trinajstić information content (AvgIpc) is 2.89. The van der Waals surface area contributed by atoms with Crippen molar-refractivity contribution in [3.05, 3.63) is 107 Å². The van der Waals surface area contributed by atoms with Crippen LogP contribution >= 0.6 is 0 Å². The normalized spacial score (nSPS) is 22.1. The summed E-state index contributed by atoms with van der Waals surface area (Å²) in [5, 5.41) is 0. The topological polar surface area (TPSA) is 40.6 Å². The molecule has 172 valence electrons. The van der Waals surface area contributed by atoms with E-state index in [-0.39, 0.29) is 23.8 Å². The van der Waals surface area contributed by atoms with E-state index in [0.717, 1.165) is 49.9 Å². The van der Waals surface area contributed by atoms with Gasteiger partial charge in [-0.05, 0) is 59.9 Å². The molecule has 2 atom stereocenters. The van der Waals surface area contributed by atoms with Gasteiger partial charge in [-0.2, -0.15) is 0 Å². The fourth-order valence-corrected chi connectivity index (χ4v) is 6.24. The van der Waals surface area contributed by atoms with Crippen LogP contribution in [0.25, 0.3) is 0 Å². The highest BCUT2D eigenvalue weighted by Crippen LogP contribution is 2.46. The molecule has 1 fully saturated rings. The minimum absolute atomic E-state index is 0.0562. The van der Waals surface area contributed by atoms with E-state index < -0.39 is 0 Å². The lowest BCUT2D eigenvalue weighted by atomic mass is 9.75. The number of piperidine rings is 1. The van der Waals surface area contributed by atoms with Gasteiger partial charge in [0.05, 0.1) is 12.0 Å². The Hall–Kier alpha value is -3.40. The number of carbonyl (C=O) groups excluding carboxylic acids is 2. The molecular formula is C30H30N2O2. The molecule has 2 amide bonds. The molecule has 0 aliphatic carbocycles. The summed E-state index contributed by atoms with van der Waals surface area (Å²) in [7, 11) is 0. The smallest absolute Gasteiger partial charge is 0.254 e. The molecule has 0 bridgehead atoms. The van der Waals surface area contributed by atoms with Crippen LogP contribution < -0.4 is 0 Å². The Morgan fingerprint density at radius 2 is 1.47 bits per heavy atom. The van der Waals surface area contributed by atoms with Gasteiger partial charge in [-0.25, -0.2) is 0 Å².